The molecule has 0 aromatic rings. The molecule has 1 N–H and O–H groups in total. The summed E-state index contributed by atoms with van der Waals surface area (Å²) in [6, 6.07) is 0. The third-order valence-electron chi connectivity index (χ3n) is 3.42. The molecule has 1 aliphatic carbocycles. The fourth-order valence-corrected chi connectivity index (χ4v) is 2.54. The van der Waals surface area contributed by atoms with Gasteiger partial charge in [0, 0.05) is 12.4 Å². The number of nitrogens with one attached hydrogen (secondary N) is 1. The molecule has 0 aromatic carbocycles. The second kappa shape index (κ2) is 4.33. The van der Waals surface area contributed by atoms with E-state index in [-0.39, 0.29) is 0 Å². The molecule has 106 valence electrons. The van der Waals surface area contributed by atoms with E-state index in [2.05, 4.69) is 9.71 Å². The van der Waals surface area contributed by atoms with Crippen molar-refractivity contribution in [3.8, 4) is 0 Å². The minimum Gasteiger partial charge on any atom is -0.344 e. The predicted octanol–water partition coefficient (Wildman–Crippen LogP) is 0.621. The highest BCUT2D eigenvalue weighted by Gasteiger charge is 2.55. The van der Waals surface area contributed by atoms with E-state index in [9.17, 15) is 13.2 Å². The van der Waals surface area contributed by atoms with Gasteiger partial charge in [-0.25, -0.2) is 8.42 Å². The molecule has 2 aliphatic rings. The predicted molar refractivity (Wildman–Crippen MR) is 73.1 cm³/mol. The van der Waals surface area contributed by atoms with E-state index in [0.29, 0.717) is 19.5 Å². The molecular formula is C12H19N3O3S. The van der Waals surface area contributed by atoms with Crippen molar-refractivity contribution < 1.29 is 13.2 Å². The van der Waals surface area contributed by atoms with E-state index < -0.39 is 26.2 Å². The lowest BCUT2D eigenvalue weighted by atomic mass is 10.2. The zero-order chi connectivity index (χ0) is 14.3. The Morgan fingerprint density at radius 1 is 1.37 bits per heavy atom. The first-order valence-corrected chi connectivity index (χ1v) is 7.68. The fraction of sp³-hybridized carbons (Fsp3) is 0.667. The Bertz CT molecular complexity index is 539. The van der Waals surface area contributed by atoms with Gasteiger partial charge in [-0.3, -0.25) is 14.5 Å². The van der Waals surface area contributed by atoms with Crippen molar-refractivity contribution >= 4 is 22.1 Å². The Hall–Kier alpha value is -1.37. The highest BCUT2D eigenvalue weighted by Crippen LogP contribution is 2.43. The third-order valence-corrected chi connectivity index (χ3v) is 5.49. The van der Waals surface area contributed by atoms with Gasteiger partial charge >= 0.3 is 0 Å². The molecule has 2 rings (SSSR count). The molecule has 6 nitrogen and oxygen atoms in total. The van der Waals surface area contributed by atoms with Gasteiger partial charge in [0.1, 0.15) is 12.2 Å². The number of amides is 1. The molecule has 0 spiro atoms. The number of aliphatic imine (C=N–C) groups is 1. The van der Waals surface area contributed by atoms with Crippen molar-refractivity contribution in [3.63, 3.8) is 0 Å². The zero-order valence-electron chi connectivity index (χ0n) is 11.4. The van der Waals surface area contributed by atoms with Crippen molar-refractivity contribution in [2.24, 2.45) is 4.99 Å². The average molecular weight is 285 g/mol. The van der Waals surface area contributed by atoms with Crippen LogP contribution in [-0.2, 0) is 14.8 Å². The number of rotatable bonds is 3. The highest BCUT2D eigenvalue weighted by atomic mass is 32.2. The van der Waals surface area contributed by atoms with Gasteiger partial charge < -0.3 is 4.90 Å². The molecular weight excluding hydrogens is 266 g/mol. The Morgan fingerprint density at radius 3 is 2.42 bits per heavy atom. The summed E-state index contributed by atoms with van der Waals surface area (Å²) in [6.45, 7) is 5.08. The molecule has 1 heterocycles. The Balaban J connectivity index is 2.13. The van der Waals surface area contributed by atoms with Crippen LogP contribution in [0.15, 0.2) is 17.3 Å². The summed E-state index contributed by atoms with van der Waals surface area (Å²) in [5, 5.41) is 0. The molecule has 0 atom stereocenters. The quantitative estimate of drug-likeness (QED) is 0.824. The minimum absolute atomic E-state index is 0.388. The molecule has 1 amide bonds. The van der Waals surface area contributed by atoms with Crippen LogP contribution in [0, 0.1) is 0 Å². The Kier molecular flexibility index (Phi) is 3.20. The van der Waals surface area contributed by atoms with Gasteiger partial charge in [0.2, 0.25) is 10.0 Å². The highest BCUT2D eigenvalue weighted by molar-refractivity contribution is 7.91. The first-order valence-electron chi connectivity index (χ1n) is 6.19. The van der Waals surface area contributed by atoms with Crippen LogP contribution in [0.25, 0.3) is 0 Å². The van der Waals surface area contributed by atoms with Crippen LogP contribution in [0.1, 0.15) is 33.6 Å². The van der Waals surface area contributed by atoms with E-state index in [0.717, 1.165) is 0 Å². The molecule has 1 saturated carbocycles. The lowest BCUT2D eigenvalue weighted by molar-refractivity contribution is -0.125. The van der Waals surface area contributed by atoms with Crippen LogP contribution >= 0.6 is 0 Å². The fourth-order valence-electron chi connectivity index (χ4n) is 1.80. The van der Waals surface area contributed by atoms with Crippen molar-refractivity contribution in [2.75, 3.05) is 6.67 Å². The van der Waals surface area contributed by atoms with Crippen LogP contribution in [0.2, 0.25) is 0 Å². The largest absolute Gasteiger partial charge is 0.344 e. The smallest absolute Gasteiger partial charge is 0.259 e. The summed E-state index contributed by atoms with van der Waals surface area (Å²) in [7, 11) is -3.67. The number of carbonyl (C=O) groups excluding carboxylic acids is 1. The van der Waals surface area contributed by atoms with Crippen LogP contribution in [0.4, 0.5) is 0 Å². The second-order valence-corrected chi connectivity index (χ2v) is 8.30. The molecule has 19 heavy (non-hydrogen) atoms. The number of hydrogen-bond acceptors (Lipinski definition) is 5. The van der Waals surface area contributed by atoms with Crippen LogP contribution < -0.4 is 4.72 Å². The Labute approximate surface area is 113 Å². The zero-order valence-corrected chi connectivity index (χ0v) is 12.2. The van der Waals surface area contributed by atoms with Gasteiger partial charge in [0.15, 0.2) is 0 Å². The molecule has 1 aliphatic heterocycles. The number of nitrogens with zero attached hydrogens (tertiary/aromatic N) is 2. The van der Waals surface area contributed by atoms with Gasteiger partial charge in [-0.1, -0.05) is 0 Å². The van der Waals surface area contributed by atoms with Gasteiger partial charge in [0.05, 0.1) is 4.75 Å². The lowest BCUT2D eigenvalue weighted by Gasteiger charge is -2.30. The third kappa shape index (κ3) is 2.51. The molecule has 0 bridgehead atoms. The molecule has 0 unspecified atom stereocenters. The van der Waals surface area contributed by atoms with Gasteiger partial charge in [-0.2, -0.15) is 0 Å². The van der Waals surface area contributed by atoms with E-state index in [1.165, 1.54) is 0 Å². The average Bonchev–Trinajstić information content (AvgIpc) is 3.09. The van der Waals surface area contributed by atoms with Crippen molar-refractivity contribution in [2.45, 2.75) is 43.9 Å². The molecule has 1 fully saturated rings. The topological polar surface area (TPSA) is 78.8 Å². The summed E-state index contributed by atoms with van der Waals surface area (Å²) < 4.78 is 25.2. The standard InChI is InChI=1S/C12H19N3O3S/c1-11(2,3)19(17,18)14-10(16)12(5-6-12)15-8-4-7-13-9-15/h4,7-8H,5-6,9H2,1-3H3,(H,14,16). The monoisotopic (exact) mass is 285 g/mol. The van der Waals surface area contributed by atoms with Gasteiger partial charge in [-0.05, 0) is 39.7 Å². The summed E-state index contributed by atoms with van der Waals surface area (Å²) >= 11 is 0. The van der Waals surface area contributed by atoms with E-state index in [4.69, 9.17) is 0 Å². The number of sulfonamides is 1. The SMILES string of the molecule is CC(C)(C)S(=O)(=O)NC(=O)C1(N2C=CC=NC2)CC1. The maximum atomic E-state index is 12.3. The lowest BCUT2D eigenvalue weighted by Crippen LogP contribution is -2.52. The first-order chi connectivity index (χ1) is 8.69. The molecule has 0 radical (unpaired) electrons. The Morgan fingerprint density at radius 2 is 2.00 bits per heavy atom. The maximum absolute atomic E-state index is 12.3. The summed E-state index contributed by atoms with van der Waals surface area (Å²) in [4.78, 5) is 18.1. The minimum atomic E-state index is -3.67. The molecule has 0 saturated heterocycles. The van der Waals surface area contributed by atoms with E-state index >= 15 is 0 Å². The van der Waals surface area contributed by atoms with Crippen LogP contribution in [0.3, 0.4) is 0 Å². The van der Waals surface area contributed by atoms with Crippen molar-refractivity contribution in [1.82, 2.24) is 9.62 Å². The summed E-state index contributed by atoms with van der Waals surface area (Å²) in [6.07, 6.45) is 6.49. The van der Waals surface area contributed by atoms with Gasteiger partial charge in [0.25, 0.3) is 5.91 Å². The van der Waals surface area contributed by atoms with E-state index in [1.807, 2.05) is 0 Å². The summed E-state index contributed by atoms with van der Waals surface area (Å²) in [5.41, 5.74) is -0.743. The first kappa shape index (κ1) is 14.0. The molecule has 0 aromatic heterocycles. The maximum Gasteiger partial charge on any atom is 0.259 e. The molecule has 7 heteroatoms. The van der Waals surface area contributed by atoms with E-state index in [1.54, 1.807) is 44.2 Å². The number of carbonyl (C=O) groups is 1. The van der Waals surface area contributed by atoms with Crippen LogP contribution in [0.5, 0.6) is 0 Å². The normalized spacial score (nSPS) is 21.3. The number of hydrogen-bond donors (Lipinski definition) is 1. The second-order valence-electron chi connectivity index (χ2n) is 5.86. The summed E-state index contributed by atoms with van der Waals surface area (Å²) in [5.74, 6) is -0.454. The van der Waals surface area contributed by atoms with Crippen molar-refractivity contribution in [3.05, 3.63) is 12.3 Å². The number of allylic oxidation sites excluding steroid dienone is 1. The van der Waals surface area contributed by atoms with Gasteiger partial charge in [-0.15, -0.1) is 0 Å². The van der Waals surface area contributed by atoms with Crippen LogP contribution in [-0.4, -0.2) is 42.4 Å². The van der Waals surface area contributed by atoms with Crippen molar-refractivity contribution in [1.29, 1.82) is 0 Å².